The molecule has 9 aromatic carbocycles. The Morgan fingerprint density at radius 2 is 0.960 bits per heavy atom. The molecule has 0 spiro atoms. The fraction of sp³-hybridized carbons (Fsp3) is 0. The first-order valence-corrected chi connectivity index (χ1v) is 17.9. The van der Waals surface area contributed by atoms with Gasteiger partial charge < -0.3 is 4.90 Å². The maximum Gasteiger partial charge on any atom is 0.0468 e. The minimum atomic E-state index is 1.12. The van der Waals surface area contributed by atoms with Crippen molar-refractivity contribution in [3.05, 3.63) is 188 Å². The summed E-state index contributed by atoms with van der Waals surface area (Å²) >= 11 is 1.88. The molecule has 50 heavy (non-hydrogen) atoms. The van der Waals surface area contributed by atoms with Gasteiger partial charge in [-0.15, -0.1) is 11.3 Å². The van der Waals surface area contributed by atoms with Crippen LogP contribution in [0.4, 0.5) is 17.1 Å². The standard InChI is InChI=1S/C48H31NS/c1-2-10-32(11-3-1)36-15-8-16-40(28-36)49(41-27-24-35-21-20-33-12-6-7-17-42(33)44(35)31-41)39-25-22-34(23-26-39)43-18-9-19-46-48(43)45-29-37-13-4-5-14-38(37)30-47(45)50-46/h1-31H. The van der Waals surface area contributed by atoms with Gasteiger partial charge in [-0.2, -0.15) is 0 Å². The van der Waals surface area contributed by atoms with Crippen LogP contribution in [0.15, 0.2) is 188 Å². The average Bonchev–Trinajstić information content (AvgIpc) is 3.55. The van der Waals surface area contributed by atoms with E-state index in [0.29, 0.717) is 0 Å². The van der Waals surface area contributed by atoms with E-state index in [4.69, 9.17) is 0 Å². The summed E-state index contributed by atoms with van der Waals surface area (Å²) < 4.78 is 2.65. The van der Waals surface area contributed by atoms with Gasteiger partial charge in [0.2, 0.25) is 0 Å². The van der Waals surface area contributed by atoms with E-state index >= 15 is 0 Å². The summed E-state index contributed by atoms with van der Waals surface area (Å²) in [4.78, 5) is 2.39. The molecule has 10 rings (SSSR count). The second-order valence-electron chi connectivity index (χ2n) is 13.0. The Hall–Kier alpha value is -6.22. The van der Waals surface area contributed by atoms with E-state index in [1.54, 1.807) is 0 Å². The van der Waals surface area contributed by atoms with E-state index in [-0.39, 0.29) is 0 Å². The van der Waals surface area contributed by atoms with E-state index in [1.165, 1.54) is 74.7 Å². The molecule has 0 atom stereocenters. The molecule has 1 aromatic heterocycles. The maximum atomic E-state index is 2.39. The average molecular weight is 654 g/mol. The Morgan fingerprint density at radius 3 is 1.80 bits per heavy atom. The van der Waals surface area contributed by atoms with Crippen molar-refractivity contribution in [3.8, 4) is 22.3 Å². The summed E-state index contributed by atoms with van der Waals surface area (Å²) in [6.07, 6.45) is 0. The smallest absolute Gasteiger partial charge is 0.0468 e. The SMILES string of the molecule is c1ccc(-c2cccc(N(c3ccc(-c4cccc5sc6cc7ccccc7cc6c45)cc3)c3ccc4ccc5ccccc5c4c3)c2)cc1. The predicted molar refractivity (Wildman–Crippen MR) is 217 cm³/mol. The van der Waals surface area contributed by atoms with Crippen LogP contribution in [0.25, 0.3) is 74.7 Å². The van der Waals surface area contributed by atoms with Gasteiger partial charge >= 0.3 is 0 Å². The number of thiophene rings is 1. The van der Waals surface area contributed by atoms with Gasteiger partial charge in [-0.25, -0.2) is 0 Å². The van der Waals surface area contributed by atoms with Crippen LogP contribution in [0.2, 0.25) is 0 Å². The van der Waals surface area contributed by atoms with Crippen molar-refractivity contribution in [2.45, 2.75) is 0 Å². The molecule has 0 fully saturated rings. The lowest BCUT2D eigenvalue weighted by molar-refractivity contribution is 1.29. The third-order valence-electron chi connectivity index (χ3n) is 10.00. The Bertz CT molecular complexity index is 2870. The van der Waals surface area contributed by atoms with Crippen LogP contribution >= 0.6 is 11.3 Å². The fourth-order valence-corrected chi connectivity index (χ4v) is 8.74. The molecular weight excluding hydrogens is 623 g/mol. The van der Waals surface area contributed by atoms with E-state index in [1.807, 2.05) is 11.3 Å². The van der Waals surface area contributed by atoms with Gasteiger partial charge in [0.15, 0.2) is 0 Å². The van der Waals surface area contributed by atoms with Crippen LogP contribution in [-0.2, 0) is 0 Å². The molecule has 0 bridgehead atoms. The van der Waals surface area contributed by atoms with Crippen molar-refractivity contribution in [3.63, 3.8) is 0 Å². The van der Waals surface area contributed by atoms with Crippen LogP contribution < -0.4 is 4.90 Å². The molecule has 0 unspecified atom stereocenters. The third-order valence-corrected chi connectivity index (χ3v) is 11.1. The zero-order valence-corrected chi connectivity index (χ0v) is 28.1. The van der Waals surface area contributed by atoms with Gasteiger partial charge in [0.25, 0.3) is 0 Å². The van der Waals surface area contributed by atoms with Crippen molar-refractivity contribution < 1.29 is 0 Å². The number of fused-ring (bicyclic) bond motifs is 7. The van der Waals surface area contributed by atoms with E-state index in [9.17, 15) is 0 Å². The van der Waals surface area contributed by atoms with Gasteiger partial charge in [0.1, 0.15) is 0 Å². The number of hydrogen-bond donors (Lipinski definition) is 0. The van der Waals surface area contributed by atoms with Crippen LogP contribution in [0, 0.1) is 0 Å². The number of anilines is 3. The van der Waals surface area contributed by atoms with Crippen molar-refractivity contribution in [1.82, 2.24) is 0 Å². The second-order valence-corrected chi connectivity index (χ2v) is 14.1. The quantitative estimate of drug-likeness (QED) is 0.167. The summed E-state index contributed by atoms with van der Waals surface area (Å²) in [5.41, 5.74) is 8.26. The van der Waals surface area contributed by atoms with Crippen LogP contribution in [0.3, 0.4) is 0 Å². The van der Waals surface area contributed by atoms with Crippen molar-refractivity contribution in [1.29, 1.82) is 0 Å². The highest BCUT2D eigenvalue weighted by molar-refractivity contribution is 7.26. The maximum absolute atomic E-state index is 2.39. The number of benzene rings is 9. The van der Waals surface area contributed by atoms with E-state index in [0.717, 1.165) is 17.1 Å². The molecule has 2 heteroatoms. The molecule has 0 aliphatic heterocycles. The van der Waals surface area contributed by atoms with Gasteiger partial charge in [0, 0.05) is 37.2 Å². The first kappa shape index (κ1) is 28.8. The Morgan fingerprint density at radius 1 is 0.320 bits per heavy atom. The Balaban J connectivity index is 1.14. The highest BCUT2D eigenvalue weighted by Gasteiger charge is 2.17. The van der Waals surface area contributed by atoms with E-state index in [2.05, 4.69) is 193 Å². The Labute approximate surface area is 294 Å². The van der Waals surface area contributed by atoms with Gasteiger partial charge in [-0.05, 0) is 109 Å². The van der Waals surface area contributed by atoms with Crippen molar-refractivity contribution in [2.24, 2.45) is 0 Å². The molecule has 0 aliphatic rings. The molecule has 0 aliphatic carbocycles. The minimum Gasteiger partial charge on any atom is -0.310 e. The topological polar surface area (TPSA) is 3.24 Å². The predicted octanol–water partition coefficient (Wildman–Crippen LogP) is 14.3. The normalized spacial score (nSPS) is 11.6. The zero-order chi connectivity index (χ0) is 33.0. The first-order chi connectivity index (χ1) is 24.8. The number of hydrogen-bond acceptors (Lipinski definition) is 2. The fourth-order valence-electron chi connectivity index (χ4n) is 7.57. The molecular formula is C48H31NS. The van der Waals surface area contributed by atoms with Gasteiger partial charge in [0.05, 0.1) is 0 Å². The lowest BCUT2D eigenvalue weighted by atomic mass is 9.97. The molecule has 0 N–H and O–H groups in total. The van der Waals surface area contributed by atoms with Crippen molar-refractivity contribution in [2.75, 3.05) is 4.90 Å². The second kappa shape index (κ2) is 11.7. The largest absolute Gasteiger partial charge is 0.310 e. The van der Waals surface area contributed by atoms with Crippen LogP contribution in [0.1, 0.15) is 0 Å². The monoisotopic (exact) mass is 653 g/mol. The summed E-state index contributed by atoms with van der Waals surface area (Å²) in [5.74, 6) is 0. The van der Waals surface area contributed by atoms with Gasteiger partial charge in [-0.3, -0.25) is 0 Å². The summed E-state index contributed by atoms with van der Waals surface area (Å²) in [5, 5.41) is 10.2. The summed E-state index contributed by atoms with van der Waals surface area (Å²) in [6, 6.07) is 68.7. The molecule has 1 heterocycles. The first-order valence-electron chi connectivity index (χ1n) is 17.1. The van der Waals surface area contributed by atoms with E-state index < -0.39 is 0 Å². The zero-order valence-electron chi connectivity index (χ0n) is 27.3. The Kier molecular flexibility index (Phi) is 6.75. The molecule has 234 valence electrons. The number of nitrogens with zero attached hydrogens (tertiary/aromatic N) is 1. The molecule has 10 aromatic rings. The van der Waals surface area contributed by atoms with Crippen molar-refractivity contribution >= 4 is 80.9 Å². The summed E-state index contributed by atoms with van der Waals surface area (Å²) in [6.45, 7) is 0. The molecule has 0 saturated heterocycles. The molecule has 0 radical (unpaired) electrons. The minimum absolute atomic E-state index is 1.12. The highest BCUT2D eigenvalue weighted by atomic mass is 32.1. The lowest BCUT2D eigenvalue weighted by Crippen LogP contribution is -2.10. The number of rotatable bonds is 5. The van der Waals surface area contributed by atoms with Gasteiger partial charge in [-0.1, -0.05) is 133 Å². The lowest BCUT2D eigenvalue weighted by Gasteiger charge is -2.27. The molecule has 0 amide bonds. The van der Waals surface area contributed by atoms with Crippen LogP contribution in [-0.4, -0.2) is 0 Å². The summed E-state index contributed by atoms with van der Waals surface area (Å²) in [7, 11) is 0. The molecule has 1 nitrogen and oxygen atoms in total. The highest BCUT2D eigenvalue weighted by Crippen LogP contribution is 2.43. The third kappa shape index (κ3) is 4.84. The van der Waals surface area contributed by atoms with Crippen LogP contribution in [0.5, 0.6) is 0 Å². The molecule has 0 saturated carbocycles.